The fourth-order valence-corrected chi connectivity index (χ4v) is 2.89. The van der Waals surface area contributed by atoms with Crippen LogP contribution in [-0.2, 0) is 16.0 Å². The zero-order chi connectivity index (χ0) is 16.1. The quantitative estimate of drug-likeness (QED) is 0.910. The number of carboxylic acid groups (broad SMARTS) is 1. The van der Waals surface area contributed by atoms with Gasteiger partial charge in [0.2, 0.25) is 5.91 Å². The molecule has 1 heterocycles. The van der Waals surface area contributed by atoms with E-state index >= 15 is 0 Å². The van der Waals surface area contributed by atoms with Crippen molar-refractivity contribution in [2.45, 2.75) is 32.6 Å². The zero-order valence-corrected chi connectivity index (χ0v) is 12.8. The second-order valence-electron chi connectivity index (χ2n) is 6.03. The van der Waals surface area contributed by atoms with Gasteiger partial charge >= 0.3 is 5.97 Å². The molecule has 0 bridgehead atoms. The van der Waals surface area contributed by atoms with Crippen LogP contribution in [0.3, 0.4) is 0 Å². The van der Waals surface area contributed by atoms with E-state index in [2.05, 4.69) is 0 Å². The number of hydrogen-bond donors (Lipinski definition) is 1. The Morgan fingerprint density at radius 3 is 2.91 bits per heavy atom. The first-order valence-corrected chi connectivity index (χ1v) is 7.73. The lowest BCUT2D eigenvalue weighted by atomic mass is 9.95. The Morgan fingerprint density at radius 2 is 2.23 bits per heavy atom. The molecule has 0 radical (unpaired) electrons. The van der Waals surface area contributed by atoms with Crippen molar-refractivity contribution in [3.8, 4) is 0 Å². The molecule has 1 aliphatic rings. The summed E-state index contributed by atoms with van der Waals surface area (Å²) in [6.07, 6.45) is 2.65. The number of likely N-dealkylation sites (tertiary alicyclic amines) is 1. The molecule has 0 aromatic heterocycles. The molecule has 22 heavy (non-hydrogen) atoms. The van der Waals surface area contributed by atoms with Crippen molar-refractivity contribution in [3.63, 3.8) is 0 Å². The Balaban J connectivity index is 1.87. The summed E-state index contributed by atoms with van der Waals surface area (Å²) in [4.78, 5) is 25.1. The van der Waals surface area contributed by atoms with Crippen molar-refractivity contribution in [3.05, 3.63) is 35.6 Å². The summed E-state index contributed by atoms with van der Waals surface area (Å²) in [5, 5.41) is 9.08. The molecule has 4 nitrogen and oxygen atoms in total. The Labute approximate surface area is 129 Å². The maximum absolute atomic E-state index is 13.1. The van der Waals surface area contributed by atoms with Gasteiger partial charge in [0.15, 0.2) is 0 Å². The third-order valence-electron chi connectivity index (χ3n) is 4.26. The van der Waals surface area contributed by atoms with E-state index in [-0.39, 0.29) is 17.6 Å². The van der Waals surface area contributed by atoms with E-state index in [0.717, 1.165) is 12.0 Å². The normalized spacial score (nSPS) is 19.7. The number of benzene rings is 1. The van der Waals surface area contributed by atoms with Crippen LogP contribution in [0.2, 0.25) is 0 Å². The highest BCUT2D eigenvalue weighted by Gasteiger charge is 2.29. The van der Waals surface area contributed by atoms with Gasteiger partial charge in [0, 0.05) is 19.0 Å². The van der Waals surface area contributed by atoms with Crippen molar-refractivity contribution in [1.29, 1.82) is 0 Å². The lowest BCUT2D eigenvalue weighted by molar-refractivity contribution is -0.146. The van der Waals surface area contributed by atoms with Gasteiger partial charge in [-0.1, -0.05) is 19.1 Å². The first kappa shape index (κ1) is 16.5. The Kier molecular flexibility index (Phi) is 5.52. The lowest BCUT2D eigenvalue weighted by Crippen LogP contribution is -2.44. The molecule has 1 N–H and O–H groups in total. The minimum atomic E-state index is -0.829. The van der Waals surface area contributed by atoms with E-state index in [1.807, 2.05) is 13.0 Å². The monoisotopic (exact) mass is 307 g/mol. The Bertz CT molecular complexity index is 546. The maximum atomic E-state index is 13.1. The molecule has 1 aliphatic heterocycles. The zero-order valence-electron chi connectivity index (χ0n) is 12.8. The molecule has 1 saturated heterocycles. The Morgan fingerprint density at radius 1 is 1.45 bits per heavy atom. The topological polar surface area (TPSA) is 57.6 Å². The van der Waals surface area contributed by atoms with Crippen molar-refractivity contribution in [2.24, 2.45) is 11.8 Å². The number of nitrogens with zero attached hydrogens (tertiary/aromatic N) is 1. The molecule has 1 unspecified atom stereocenters. The SMILES string of the molecule is CC(CCc1cccc(F)c1)C(=O)N1CCC[C@H](C(=O)O)C1. The van der Waals surface area contributed by atoms with Crippen molar-refractivity contribution >= 4 is 11.9 Å². The van der Waals surface area contributed by atoms with Gasteiger partial charge in [-0.15, -0.1) is 0 Å². The van der Waals surface area contributed by atoms with Crippen LogP contribution in [0.1, 0.15) is 31.7 Å². The van der Waals surface area contributed by atoms with Crippen LogP contribution < -0.4 is 0 Å². The summed E-state index contributed by atoms with van der Waals surface area (Å²) in [6, 6.07) is 6.40. The van der Waals surface area contributed by atoms with Crippen molar-refractivity contribution < 1.29 is 19.1 Å². The predicted octanol–water partition coefficient (Wildman–Crippen LogP) is 2.72. The number of aryl methyl sites for hydroxylation is 1. The van der Waals surface area contributed by atoms with E-state index in [4.69, 9.17) is 5.11 Å². The van der Waals surface area contributed by atoms with Crippen LogP contribution in [0, 0.1) is 17.7 Å². The second-order valence-corrected chi connectivity index (χ2v) is 6.03. The standard InChI is InChI=1S/C17H22FNO3/c1-12(7-8-13-4-2-6-15(18)10-13)16(20)19-9-3-5-14(11-19)17(21)22/h2,4,6,10,12,14H,3,5,7-9,11H2,1H3,(H,21,22)/t12?,14-/m0/s1. The van der Waals surface area contributed by atoms with Crippen LogP contribution in [0.4, 0.5) is 4.39 Å². The number of carbonyl (C=O) groups is 2. The summed E-state index contributed by atoms with van der Waals surface area (Å²) in [5.74, 6) is -1.73. The highest BCUT2D eigenvalue weighted by molar-refractivity contribution is 5.79. The lowest BCUT2D eigenvalue weighted by Gasteiger charge is -2.32. The maximum Gasteiger partial charge on any atom is 0.308 e. The van der Waals surface area contributed by atoms with Crippen molar-refractivity contribution in [1.82, 2.24) is 4.90 Å². The average molecular weight is 307 g/mol. The summed E-state index contributed by atoms with van der Waals surface area (Å²) in [5.41, 5.74) is 0.877. The van der Waals surface area contributed by atoms with Gasteiger partial charge < -0.3 is 10.0 Å². The van der Waals surface area contributed by atoms with Gasteiger partial charge in [-0.25, -0.2) is 4.39 Å². The number of aliphatic carboxylic acids is 1. The summed E-state index contributed by atoms with van der Waals surface area (Å²) in [7, 11) is 0. The molecular formula is C17H22FNO3. The number of carboxylic acids is 1. The number of rotatable bonds is 5. The minimum Gasteiger partial charge on any atom is -0.481 e. The molecule has 2 atom stereocenters. The fraction of sp³-hybridized carbons (Fsp3) is 0.529. The molecule has 0 aliphatic carbocycles. The minimum absolute atomic E-state index is 0.00218. The molecular weight excluding hydrogens is 285 g/mol. The number of amides is 1. The van der Waals surface area contributed by atoms with Crippen LogP contribution in [0.5, 0.6) is 0 Å². The molecule has 2 rings (SSSR count). The van der Waals surface area contributed by atoms with Gasteiger partial charge in [-0.3, -0.25) is 9.59 Å². The largest absolute Gasteiger partial charge is 0.481 e. The number of carbonyl (C=O) groups excluding carboxylic acids is 1. The summed E-state index contributed by atoms with van der Waals surface area (Å²) in [6.45, 7) is 2.79. The number of piperidine rings is 1. The highest BCUT2D eigenvalue weighted by atomic mass is 19.1. The molecule has 1 aromatic carbocycles. The van der Waals surface area contributed by atoms with E-state index in [0.29, 0.717) is 32.4 Å². The van der Waals surface area contributed by atoms with E-state index in [9.17, 15) is 14.0 Å². The highest BCUT2D eigenvalue weighted by Crippen LogP contribution is 2.20. The van der Waals surface area contributed by atoms with Crippen LogP contribution >= 0.6 is 0 Å². The second kappa shape index (κ2) is 7.38. The summed E-state index contributed by atoms with van der Waals surface area (Å²) < 4.78 is 13.1. The smallest absolute Gasteiger partial charge is 0.308 e. The van der Waals surface area contributed by atoms with Crippen LogP contribution in [0.15, 0.2) is 24.3 Å². The molecule has 1 aromatic rings. The van der Waals surface area contributed by atoms with E-state index in [1.54, 1.807) is 11.0 Å². The third-order valence-corrected chi connectivity index (χ3v) is 4.26. The first-order valence-electron chi connectivity index (χ1n) is 7.73. The predicted molar refractivity (Wildman–Crippen MR) is 80.8 cm³/mol. The average Bonchev–Trinajstić information content (AvgIpc) is 2.52. The van der Waals surface area contributed by atoms with Gasteiger partial charge in [-0.2, -0.15) is 0 Å². The van der Waals surface area contributed by atoms with Crippen LogP contribution in [0.25, 0.3) is 0 Å². The molecule has 1 amide bonds. The fourth-order valence-electron chi connectivity index (χ4n) is 2.89. The number of halogens is 1. The van der Waals surface area contributed by atoms with Gasteiger partial charge in [0.1, 0.15) is 5.82 Å². The summed E-state index contributed by atoms with van der Waals surface area (Å²) >= 11 is 0. The number of hydrogen-bond acceptors (Lipinski definition) is 2. The van der Waals surface area contributed by atoms with Gasteiger partial charge in [0.05, 0.1) is 5.92 Å². The van der Waals surface area contributed by atoms with E-state index in [1.165, 1.54) is 12.1 Å². The van der Waals surface area contributed by atoms with Crippen LogP contribution in [-0.4, -0.2) is 35.0 Å². The van der Waals surface area contributed by atoms with E-state index < -0.39 is 11.9 Å². The third kappa shape index (κ3) is 4.29. The molecule has 5 heteroatoms. The molecule has 0 spiro atoms. The van der Waals surface area contributed by atoms with Gasteiger partial charge in [-0.05, 0) is 43.4 Å². The first-order chi connectivity index (χ1) is 10.5. The Hall–Kier alpha value is -1.91. The molecule has 0 saturated carbocycles. The van der Waals surface area contributed by atoms with Gasteiger partial charge in [0.25, 0.3) is 0 Å². The molecule has 120 valence electrons. The molecule has 1 fully saturated rings. The van der Waals surface area contributed by atoms with Crippen molar-refractivity contribution in [2.75, 3.05) is 13.1 Å².